The molecule has 8 N–H and O–H groups in total. The van der Waals surface area contributed by atoms with Gasteiger partial charge in [-0.3, -0.25) is 0 Å². The van der Waals surface area contributed by atoms with E-state index in [2.05, 4.69) is 35.4 Å². The summed E-state index contributed by atoms with van der Waals surface area (Å²) in [4.78, 5) is 8.69. The number of anilines is 3. The minimum Gasteiger partial charge on any atom is -0.400 e. The van der Waals surface area contributed by atoms with Gasteiger partial charge in [0.25, 0.3) is 0 Å². The van der Waals surface area contributed by atoms with Crippen molar-refractivity contribution in [2.45, 2.75) is 91.5 Å². The zero-order chi connectivity index (χ0) is 29.4. The van der Waals surface area contributed by atoms with Crippen molar-refractivity contribution in [1.82, 2.24) is 9.97 Å². The van der Waals surface area contributed by atoms with E-state index in [4.69, 9.17) is 31.5 Å². The molecule has 1 saturated carbocycles. The molecule has 1 fully saturated rings. The molecule has 0 aliphatic heterocycles. The van der Waals surface area contributed by atoms with E-state index in [1.165, 1.54) is 0 Å². The molecule has 0 amide bonds. The van der Waals surface area contributed by atoms with Crippen LogP contribution in [0.1, 0.15) is 74.1 Å². The number of aliphatic hydroxyl groups excluding tert-OH is 3. The van der Waals surface area contributed by atoms with Crippen molar-refractivity contribution in [3.8, 4) is 0 Å². The van der Waals surface area contributed by atoms with Crippen LogP contribution in [0.5, 0.6) is 0 Å². The summed E-state index contributed by atoms with van der Waals surface area (Å²) in [5.74, 6) is 1.88. The quantitative estimate of drug-likeness (QED) is 0.142. The highest BCUT2D eigenvalue weighted by Gasteiger charge is 2.26. The standard InChI is InChI=1S/C14H25N5O2S.C4H6.3C2H6.2CH4O/c1-2-7-22-14-18-12(16)11(15)13(19-14)17-9-3-4-10(8-9)21-6-5-20;1-3-4-2;5*1-2/h9-10,20H,2-8,15H2,1H3,(H3,16,17,18,19);3-4H,1-2H2;3*1-2H3;2*2H,1H3/t9-,10+;;;;;;/m0....../s1. The Labute approximate surface area is 225 Å². The monoisotopic (exact) mass is 535 g/mol. The summed E-state index contributed by atoms with van der Waals surface area (Å²) in [5, 5.41) is 26.8. The normalized spacial score (nSPS) is 14.3. The first-order valence-corrected chi connectivity index (χ1v) is 13.7. The maximum Gasteiger partial charge on any atom is 0.191 e. The first-order valence-electron chi connectivity index (χ1n) is 12.7. The zero-order valence-corrected chi connectivity index (χ0v) is 25.2. The minimum absolute atomic E-state index is 0.0575. The highest BCUT2D eigenvalue weighted by Crippen LogP contribution is 2.30. The summed E-state index contributed by atoms with van der Waals surface area (Å²) >= 11 is 1.58. The molecule has 1 aliphatic carbocycles. The Morgan fingerprint density at radius 2 is 1.53 bits per heavy atom. The number of aliphatic hydroxyl groups is 3. The fourth-order valence-corrected chi connectivity index (χ4v) is 3.17. The lowest BCUT2D eigenvalue weighted by molar-refractivity contribution is 0.0326. The summed E-state index contributed by atoms with van der Waals surface area (Å²) < 4.78 is 5.57. The Morgan fingerprint density at radius 1 is 1.00 bits per heavy atom. The third kappa shape index (κ3) is 23.9. The lowest BCUT2D eigenvalue weighted by Gasteiger charge is -2.17. The van der Waals surface area contributed by atoms with Crippen LogP contribution in [0.15, 0.2) is 30.5 Å². The maximum absolute atomic E-state index is 8.81. The van der Waals surface area contributed by atoms with Crippen LogP contribution < -0.4 is 16.8 Å². The lowest BCUT2D eigenvalue weighted by Crippen LogP contribution is -2.21. The number of aromatic nitrogens is 2. The van der Waals surface area contributed by atoms with Crippen LogP contribution in [-0.4, -0.2) is 70.6 Å². The summed E-state index contributed by atoms with van der Waals surface area (Å²) in [5.41, 5.74) is 12.3. The van der Waals surface area contributed by atoms with E-state index in [-0.39, 0.29) is 18.8 Å². The number of thioether (sulfide) groups is 1. The van der Waals surface area contributed by atoms with Gasteiger partial charge in [-0.2, -0.15) is 0 Å². The van der Waals surface area contributed by atoms with Crippen molar-refractivity contribution in [3.05, 3.63) is 25.3 Å². The van der Waals surface area contributed by atoms with Gasteiger partial charge in [-0.15, -0.1) is 0 Å². The second-order valence-electron chi connectivity index (χ2n) is 5.84. The average Bonchev–Trinajstić information content (AvgIpc) is 3.41. The molecule has 1 aliphatic rings. The van der Waals surface area contributed by atoms with E-state index in [9.17, 15) is 0 Å². The molecule has 0 radical (unpaired) electrons. The van der Waals surface area contributed by atoms with Crippen molar-refractivity contribution in [2.24, 2.45) is 0 Å². The van der Waals surface area contributed by atoms with Crippen LogP contribution in [0.2, 0.25) is 0 Å². The third-order valence-electron chi connectivity index (χ3n) is 3.73. The first kappa shape index (κ1) is 44.2. The third-order valence-corrected chi connectivity index (χ3v) is 4.78. The van der Waals surface area contributed by atoms with Gasteiger partial charge in [0.2, 0.25) is 0 Å². The molecule has 1 heterocycles. The van der Waals surface area contributed by atoms with E-state index in [1.807, 2.05) is 41.5 Å². The van der Waals surface area contributed by atoms with E-state index in [1.54, 1.807) is 23.9 Å². The number of nitrogens with one attached hydrogen (secondary N) is 1. The highest BCUT2D eigenvalue weighted by molar-refractivity contribution is 7.99. The highest BCUT2D eigenvalue weighted by atomic mass is 32.2. The Kier molecular flexibility index (Phi) is 46.2. The van der Waals surface area contributed by atoms with Crippen molar-refractivity contribution in [1.29, 1.82) is 0 Å². The molecular weight excluding hydrogens is 478 g/mol. The fourth-order valence-electron chi connectivity index (χ4n) is 2.47. The van der Waals surface area contributed by atoms with Gasteiger partial charge in [0.1, 0.15) is 5.69 Å². The molecule has 216 valence electrons. The van der Waals surface area contributed by atoms with E-state index in [0.717, 1.165) is 45.7 Å². The molecule has 0 saturated heterocycles. The second-order valence-corrected chi connectivity index (χ2v) is 6.91. The van der Waals surface area contributed by atoms with Gasteiger partial charge < -0.3 is 36.8 Å². The van der Waals surface area contributed by atoms with E-state index >= 15 is 0 Å². The number of nitrogens with zero attached hydrogens (tertiary/aromatic N) is 2. The Hall–Kier alpha value is -1.85. The number of rotatable bonds is 9. The summed E-state index contributed by atoms with van der Waals surface area (Å²) in [6.07, 6.45) is 7.33. The van der Waals surface area contributed by atoms with Crippen LogP contribution >= 0.6 is 11.8 Å². The summed E-state index contributed by atoms with van der Waals surface area (Å²) in [7, 11) is 2.00. The van der Waals surface area contributed by atoms with Crippen molar-refractivity contribution in [3.63, 3.8) is 0 Å². The van der Waals surface area contributed by atoms with Gasteiger partial charge >= 0.3 is 0 Å². The Morgan fingerprint density at radius 3 is 1.97 bits per heavy atom. The number of nitrogen functional groups attached to an aromatic ring is 2. The van der Waals surface area contributed by atoms with E-state index in [0.29, 0.717) is 29.1 Å². The number of ether oxygens (including phenoxy) is 1. The SMILES string of the molecule is C=CC=C.CC.CC.CC.CCCSc1nc(N)c(N)c(N[C@H]2CC[C@@H](OCCO)C2)n1.CO.CO. The molecule has 0 aromatic carbocycles. The van der Waals surface area contributed by atoms with Gasteiger partial charge in [-0.05, 0) is 25.7 Å². The molecule has 10 heteroatoms. The van der Waals surface area contributed by atoms with Crippen LogP contribution in [-0.2, 0) is 4.74 Å². The molecule has 9 nitrogen and oxygen atoms in total. The van der Waals surface area contributed by atoms with Gasteiger partial charge in [0.05, 0.1) is 19.3 Å². The lowest BCUT2D eigenvalue weighted by atomic mass is 10.2. The number of nitrogens with two attached hydrogens (primary N) is 2. The first-order chi connectivity index (χ1) is 17.5. The fraction of sp³-hybridized carbons (Fsp3) is 0.692. The Bertz CT molecular complexity index is 576. The summed E-state index contributed by atoms with van der Waals surface area (Å²) in [6, 6.07) is 0.254. The zero-order valence-electron chi connectivity index (χ0n) is 24.4. The van der Waals surface area contributed by atoms with Crippen molar-refractivity contribution in [2.75, 3.05) is 50.0 Å². The number of hydrogen-bond acceptors (Lipinski definition) is 10. The number of hydrogen-bond donors (Lipinski definition) is 6. The van der Waals surface area contributed by atoms with Gasteiger partial charge in [0, 0.05) is 26.0 Å². The van der Waals surface area contributed by atoms with Crippen LogP contribution in [0, 0.1) is 0 Å². The predicted octanol–water partition coefficient (Wildman–Crippen LogP) is 5.14. The molecule has 1 aromatic rings. The summed E-state index contributed by atoms with van der Waals surface area (Å²) in [6.45, 7) is 21.3. The molecular formula is C26H57N5O4S. The molecule has 0 bridgehead atoms. The molecule has 0 spiro atoms. The second kappa shape index (κ2) is 37.7. The van der Waals surface area contributed by atoms with Gasteiger partial charge in [0.15, 0.2) is 16.8 Å². The van der Waals surface area contributed by atoms with E-state index < -0.39 is 0 Å². The molecule has 2 rings (SSSR count). The van der Waals surface area contributed by atoms with Crippen molar-refractivity contribution < 1.29 is 20.1 Å². The van der Waals surface area contributed by atoms with Crippen molar-refractivity contribution >= 4 is 29.1 Å². The minimum atomic E-state index is 0.0575. The average molecular weight is 536 g/mol. The topological polar surface area (TPSA) is 160 Å². The molecule has 2 atom stereocenters. The molecule has 1 aromatic heterocycles. The Balaban J connectivity index is -0.000000195. The predicted molar refractivity (Wildman–Crippen MR) is 161 cm³/mol. The number of allylic oxidation sites excluding steroid dienone is 2. The van der Waals surface area contributed by atoms with Gasteiger partial charge in [-0.25, -0.2) is 9.97 Å². The molecule has 0 unspecified atom stereocenters. The maximum atomic E-state index is 8.81. The van der Waals surface area contributed by atoms with Gasteiger partial charge in [-0.1, -0.05) is 85.5 Å². The van der Waals surface area contributed by atoms with Crippen LogP contribution in [0.3, 0.4) is 0 Å². The largest absolute Gasteiger partial charge is 0.400 e. The smallest absolute Gasteiger partial charge is 0.191 e. The van der Waals surface area contributed by atoms with Crippen LogP contribution in [0.25, 0.3) is 0 Å². The molecule has 36 heavy (non-hydrogen) atoms. The van der Waals surface area contributed by atoms with Crippen LogP contribution in [0.4, 0.5) is 17.3 Å².